The summed E-state index contributed by atoms with van der Waals surface area (Å²) < 4.78 is 38.5. The van der Waals surface area contributed by atoms with Gasteiger partial charge in [0.05, 0.1) is 21.1 Å². The maximum absolute atomic E-state index is 12.7. The summed E-state index contributed by atoms with van der Waals surface area (Å²) >= 11 is 1.85. The predicted molar refractivity (Wildman–Crippen MR) is 67.6 cm³/mol. The van der Waals surface area contributed by atoms with Crippen molar-refractivity contribution in [3.05, 3.63) is 26.8 Å². The van der Waals surface area contributed by atoms with Gasteiger partial charge in [0.25, 0.3) is 5.91 Å². The molecule has 0 aromatic carbocycles. The molecular weight excluding hydrogens is 378 g/mol. The lowest BCUT2D eigenvalue weighted by atomic mass is 10.2. The van der Waals surface area contributed by atoms with E-state index in [-0.39, 0.29) is 17.1 Å². The maximum Gasteiger partial charge on any atom is 0.437 e. The van der Waals surface area contributed by atoms with Crippen molar-refractivity contribution in [1.29, 1.82) is 0 Å². The molecule has 0 fully saturated rings. The molecule has 0 atom stereocenters. The number of aromatic amines is 2. The summed E-state index contributed by atoms with van der Waals surface area (Å²) in [6.45, 7) is 1.38. The Morgan fingerprint density at radius 2 is 2.11 bits per heavy atom. The lowest BCUT2D eigenvalue weighted by Crippen LogP contribution is -2.17. The normalized spacial score (nSPS) is 11.6. The third kappa shape index (κ3) is 2.72. The second-order valence-corrected chi connectivity index (χ2v) is 4.78. The molecule has 0 unspecified atom stereocenters. The van der Waals surface area contributed by atoms with Crippen LogP contribution in [0.25, 0.3) is 0 Å². The zero-order valence-corrected chi connectivity index (χ0v) is 11.5. The molecular formula is C9H7F3IN5O. The largest absolute Gasteiger partial charge is 0.437 e. The second kappa shape index (κ2) is 4.83. The fourth-order valence-electron chi connectivity index (χ4n) is 1.39. The third-order valence-corrected chi connectivity index (χ3v) is 3.09. The van der Waals surface area contributed by atoms with Gasteiger partial charge in [0.1, 0.15) is 5.69 Å². The number of aromatic nitrogens is 4. The first-order valence-corrected chi connectivity index (χ1v) is 6.01. The molecule has 1 amide bonds. The van der Waals surface area contributed by atoms with Crippen LogP contribution in [0.3, 0.4) is 0 Å². The summed E-state index contributed by atoms with van der Waals surface area (Å²) in [4.78, 5) is 11.8. The SMILES string of the molecule is Cc1[nH]nc(C(F)(F)F)c1NC(=O)c1[nH]ncc1I. The number of anilines is 1. The Labute approximate surface area is 118 Å². The minimum Gasteiger partial charge on any atom is -0.317 e. The van der Waals surface area contributed by atoms with Crippen LogP contribution in [-0.2, 0) is 6.18 Å². The van der Waals surface area contributed by atoms with Crippen LogP contribution in [0.15, 0.2) is 6.20 Å². The first-order valence-electron chi connectivity index (χ1n) is 4.93. The number of hydrogen-bond acceptors (Lipinski definition) is 3. The van der Waals surface area contributed by atoms with Gasteiger partial charge in [-0.1, -0.05) is 0 Å². The number of alkyl halides is 3. The number of rotatable bonds is 2. The van der Waals surface area contributed by atoms with Gasteiger partial charge in [-0.05, 0) is 29.5 Å². The van der Waals surface area contributed by atoms with Gasteiger partial charge in [0, 0.05) is 0 Å². The summed E-state index contributed by atoms with van der Waals surface area (Å²) in [5.41, 5.74) is -1.33. The van der Waals surface area contributed by atoms with E-state index in [4.69, 9.17) is 0 Å². The van der Waals surface area contributed by atoms with Crippen LogP contribution in [0, 0.1) is 10.5 Å². The molecule has 0 saturated carbocycles. The lowest BCUT2D eigenvalue weighted by molar-refractivity contribution is -0.140. The van der Waals surface area contributed by atoms with Crippen LogP contribution in [-0.4, -0.2) is 26.3 Å². The smallest absolute Gasteiger partial charge is 0.317 e. The van der Waals surface area contributed by atoms with Gasteiger partial charge < -0.3 is 5.32 Å². The van der Waals surface area contributed by atoms with E-state index in [1.807, 2.05) is 22.6 Å². The van der Waals surface area contributed by atoms with Crippen molar-refractivity contribution in [2.24, 2.45) is 0 Å². The Hall–Kier alpha value is -1.59. The van der Waals surface area contributed by atoms with Gasteiger partial charge in [-0.2, -0.15) is 23.4 Å². The molecule has 0 aliphatic heterocycles. The Kier molecular flexibility index (Phi) is 3.52. The molecule has 19 heavy (non-hydrogen) atoms. The second-order valence-electron chi connectivity index (χ2n) is 3.62. The standard InChI is InChI=1S/C9H7F3IN5O/c1-3-5(7(18-16-3)9(10,11)12)15-8(19)6-4(13)2-14-17-6/h2H,1H3,(H,14,17)(H,15,19)(H,16,18). The Balaban J connectivity index is 2.32. The molecule has 0 spiro atoms. The van der Waals surface area contributed by atoms with Crippen molar-refractivity contribution < 1.29 is 18.0 Å². The highest BCUT2D eigenvalue weighted by Crippen LogP contribution is 2.34. The monoisotopic (exact) mass is 385 g/mol. The number of aryl methyl sites for hydroxylation is 1. The van der Waals surface area contributed by atoms with Gasteiger partial charge in [-0.3, -0.25) is 15.0 Å². The van der Waals surface area contributed by atoms with Gasteiger partial charge in [-0.15, -0.1) is 0 Å². The molecule has 102 valence electrons. The number of halogens is 4. The van der Waals surface area contributed by atoms with E-state index in [1.54, 1.807) is 0 Å². The van der Waals surface area contributed by atoms with E-state index in [9.17, 15) is 18.0 Å². The highest BCUT2D eigenvalue weighted by Gasteiger charge is 2.38. The molecule has 0 bridgehead atoms. The van der Waals surface area contributed by atoms with Crippen molar-refractivity contribution >= 4 is 34.2 Å². The highest BCUT2D eigenvalue weighted by atomic mass is 127. The first kappa shape index (κ1) is 13.8. The van der Waals surface area contributed by atoms with Crippen LogP contribution in [0.1, 0.15) is 21.9 Å². The molecule has 2 heterocycles. The van der Waals surface area contributed by atoms with Crippen molar-refractivity contribution in [3.63, 3.8) is 0 Å². The van der Waals surface area contributed by atoms with Crippen LogP contribution < -0.4 is 5.32 Å². The summed E-state index contributed by atoms with van der Waals surface area (Å²) in [5, 5.41) is 13.6. The van der Waals surface area contributed by atoms with E-state index in [2.05, 4.69) is 25.7 Å². The fourth-order valence-corrected chi connectivity index (χ4v) is 1.90. The van der Waals surface area contributed by atoms with E-state index in [0.717, 1.165) is 0 Å². The molecule has 6 nitrogen and oxygen atoms in total. The summed E-state index contributed by atoms with van der Waals surface area (Å²) in [5.74, 6) is -0.711. The molecule has 0 aliphatic carbocycles. The highest BCUT2D eigenvalue weighted by molar-refractivity contribution is 14.1. The first-order chi connectivity index (χ1) is 8.80. The van der Waals surface area contributed by atoms with Crippen molar-refractivity contribution in [2.45, 2.75) is 13.1 Å². The van der Waals surface area contributed by atoms with E-state index in [0.29, 0.717) is 3.57 Å². The number of carbonyl (C=O) groups excluding carboxylic acids is 1. The zero-order chi connectivity index (χ0) is 14.2. The quantitative estimate of drug-likeness (QED) is 0.694. The minimum absolute atomic E-state index is 0.0920. The van der Waals surface area contributed by atoms with Gasteiger partial charge >= 0.3 is 6.18 Å². The molecule has 0 aliphatic rings. The summed E-state index contributed by atoms with van der Waals surface area (Å²) in [6.07, 6.45) is -3.25. The van der Waals surface area contributed by atoms with Crippen molar-refractivity contribution in [2.75, 3.05) is 5.32 Å². The molecule has 0 radical (unpaired) electrons. The average molecular weight is 385 g/mol. The minimum atomic E-state index is -4.64. The Morgan fingerprint density at radius 1 is 1.42 bits per heavy atom. The van der Waals surface area contributed by atoms with Crippen molar-refractivity contribution in [3.8, 4) is 0 Å². The van der Waals surface area contributed by atoms with Crippen LogP contribution in [0.4, 0.5) is 18.9 Å². The Bertz CT molecular complexity index is 618. The van der Waals surface area contributed by atoms with E-state index >= 15 is 0 Å². The van der Waals surface area contributed by atoms with Gasteiger partial charge in [0.15, 0.2) is 5.69 Å². The molecule has 3 N–H and O–H groups in total. The summed E-state index contributed by atoms with van der Waals surface area (Å²) in [7, 11) is 0. The molecule has 2 rings (SSSR count). The molecule has 10 heteroatoms. The number of nitrogens with zero attached hydrogens (tertiary/aromatic N) is 2. The van der Waals surface area contributed by atoms with Crippen LogP contribution in [0.5, 0.6) is 0 Å². The predicted octanol–water partition coefficient (Wildman–Crippen LogP) is 2.32. The molecule has 2 aromatic heterocycles. The van der Waals surface area contributed by atoms with E-state index in [1.165, 1.54) is 13.1 Å². The number of nitrogens with one attached hydrogen (secondary N) is 3. The van der Waals surface area contributed by atoms with Crippen LogP contribution in [0.2, 0.25) is 0 Å². The van der Waals surface area contributed by atoms with Gasteiger partial charge in [-0.25, -0.2) is 0 Å². The topological polar surface area (TPSA) is 86.5 Å². The van der Waals surface area contributed by atoms with Gasteiger partial charge in [0.2, 0.25) is 0 Å². The lowest BCUT2D eigenvalue weighted by Gasteiger charge is -2.08. The number of amides is 1. The average Bonchev–Trinajstić information content (AvgIpc) is 2.85. The zero-order valence-electron chi connectivity index (χ0n) is 9.39. The number of hydrogen-bond donors (Lipinski definition) is 3. The molecule has 2 aromatic rings. The van der Waals surface area contributed by atoms with Crippen molar-refractivity contribution in [1.82, 2.24) is 20.4 Å². The maximum atomic E-state index is 12.7. The molecule has 0 saturated heterocycles. The third-order valence-electron chi connectivity index (χ3n) is 2.27. The summed E-state index contributed by atoms with van der Waals surface area (Å²) in [6, 6.07) is 0. The van der Waals surface area contributed by atoms with Crippen LogP contribution >= 0.6 is 22.6 Å². The number of carbonyl (C=O) groups is 1. The van der Waals surface area contributed by atoms with E-state index < -0.39 is 17.8 Å². The fraction of sp³-hybridized carbons (Fsp3) is 0.222. The number of H-pyrrole nitrogens is 2. The Morgan fingerprint density at radius 3 is 2.63 bits per heavy atom.